The van der Waals surface area contributed by atoms with Gasteiger partial charge in [-0.15, -0.1) is 0 Å². The summed E-state index contributed by atoms with van der Waals surface area (Å²) in [6, 6.07) is 8.37. The van der Waals surface area contributed by atoms with Crippen molar-refractivity contribution in [1.29, 1.82) is 0 Å². The topological polar surface area (TPSA) is 77.4 Å². The number of hydrogen-bond donors (Lipinski definition) is 2. The van der Waals surface area contributed by atoms with Gasteiger partial charge in [0.05, 0.1) is 7.11 Å². The number of fused-ring (bicyclic) bond motifs is 1. The molecule has 0 amide bonds. The molecule has 2 aromatic rings. The summed E-state index contributed by atoms with van der Waals surface area (Å²) >= 11 is 3.28. The van der Waals surface area contributed by atoms with Crippen molar-refractivity contribution in [2.24, 2.45) is 0 Å². The smallest absolute Gasteiger partial charge is 0.231 e. The van der Waals surface area contributed by atoms with Crippen LogP contribution in [0.25, 0.3) is 0 Å². The largest absolute Gasteiger partial charge is 0.504 e. The second-order valence-corrected chi connectivity index (χ2v) is 6.25. The first-order chi connectivity index (χ1) is 11.5. The van der Waals surface area contributed by atoms with Crippen LogP contribution in [0.15, 0.2) is 34.8 Å². The molecule has 1 heterocycles. The molecule has 128 valence electrons. The van der Waals surface area contributed by atoms with Crippen LogP contribution in [0.4, 0.5) is 0 Å². The van der Waals surface area contributed by atoms with Gasteiger partial charge in [-0.25, -0.2) is 0 Å². The fourth-order valence-electron chi connectivity index (χ4n) is 2.44. The van der Waals surface area contributed by atoms with E-state index >= 15 is 0 Å². The molecule has 0 aliphatic carbocycles. The van der Waals surface area contributed by atoms with E-state index in [-0.39, 0.29) is 18.3 Å². The molecule has 24 heavy (non-hydrogen) atoms. The summed E-state index contributed by atoms with van der Waals surface area (Å²) in [7, 11) is 1.48. The number of phenolic OH excluding ortho intramolecular Hbond substituents is 1. The van der Waals surface area contributed by atoms with Crippen molar-refractivity contribution in [3.8, 4) is 28.7 Å². The molecule has 0 saturated heterocycles. The van der Waals surface area contributed by atoms with Crippen LogP contribution in [0.2, 0.25) is 0 Å². The molecule has 6 nitrogen and oxygen atoms in total. The van der Waals surface area contributed by atoms with Crippen LogP contribution in [0.1, 0.15) is 18.6 Å². The molecule has 0 saturated carbocycles. The monoisotopic (exact) mass is 396 g/mol. The maximum Gasteiger partial charge on any atom is 0.231 e. The van der Waals surface area contributed by atoms with Crippen molar-refractivity contribution in [1.82, 2.24) is 0 Å². The Labute approximate surface area is 147 Å². The van der Waals surface area contributed by atoms with E-state index in [2.05, 4.69) is 15.9 Å². The lowest BCUT2D eigenvalue weighted by Gasteiger charge is -2.23. The van der Waals surface area contributed by atoms with Crippen LogP contribution in [0.5, 0.6) is 28.7 Å². The van der Waals surface area contributed by atoms with Gasteiger partial charge >= 0.3 is 0 Å². The minimum Gasteiger partial charge on any atom is -0.504 e. The number of rotatable bonds is 5. The fourth-order valence-corrected chi connectivity index (χ4v) is 2.87. The van der Waals surface area contributed by atoms with E-state index in [4.69, 9.17) is 18.9 Å². The molecule has 0 aromatic heterocycles. The maximum atomic E-state index is 10.5. The Hall–Kier alpha value is -2.12. The number of ether oxygens (including phenoxy) is 4. The Kier molecular flexibility index (Phi) is 4.73. The maximum absolute atomic E-state index is 10.5. The van der Waals surface area contributed by atoms with Crippen molar-refractivity contribution >= 4 is 15.9 Å². The summed E-state index contributed by atoms with van der Waals surface area (Å²) in [5.74, 6) is 1.69. The molecule has 1 aliphatic heterocycles. The second-order valence-electron chi connectivity index (χ2n) is 5.34. The predicted octanol–water partition coefficient (Wildman–Crippen LogP) is 3.39. The van der Waals surface area contributed by atoms with Gasteiger partial charge in [0.1, 0.15) is 12.2 Å². The van der Waals surface area contributed by atoms with E-state index in [0.29, 0.717) is 27.3 Å². The van der Waals surface area contributed by atoms with E-state index in [1.165, 1.54) is 13.2 Å². The first kappa shape index (κ1) is 16.7. The minimum atomic E-state index is -0.924. The SMILES string of the molecule is COc1cc(Br)cc(O)c1O[C@H](C)[C@H](O)c1ccc2c(c1)OCO2. The van der Waals surface area contributed by atoms with Crippen molar-refractivity contribution in [2.75, 3.05) is 13.9 Å². The number of phenols is 1. The van der Waals surface area contributed by atoms with Crippen LogP contribution in [0, 0.1) is 0 Å². The molecule has 0 unspecified atom stereocenters. The van der Waals surface area contributed by atoms with Crippen molar-refractivity contribution in [3.05, 3.63) is 40.4 Å². The van der Waals surface area contributed by atoms with Gasteiger partial charge < -0.3 is 29.2 Å². The Morgan fingerprint density at radius 2 is 1.92 bits per heavy atom. The van der Waals surface area contributed by atoms with Gasteiger partial charge in [-0.1, -0.05) is 22.0 Å². The normalized spacial score (nSPS) is 15.0. The molecule has 0 fully saturated rings. The van der Waals surface area contributed by atoms with E-state index in [1.807, 2.05) is 0 Å². The zero-order valence-electron chi connectivity index (χ0n) is 13.2. The zero-order chi connectivity index (χ0) is 17.3. The summed E-state index contributed by atoms with van der Waals surface area (Å²) in [6.07, 6.45) is -1.56. The molecule has 2 atom stereocenters. The highest BCUT2D eigenvalue weighted by Gasteiger charge is 2.24. The Balaban J connectivity index is 1.81. The van der Waals surface area contributed by atoms with Gasteiger partial charge in [-0.3, -0.25) is 0 Å². The summed E-state index contributed by atoms with van der Waals surface area (Å²) in [4.78, 5) is 0. The summed E-state index contributed by atoms with van der Waals surface area (Å²) in [5, 5.41) is 20.6. The Morgan fingerprint density at radius 3 is 2.67 bits per heavy atom. The number of aliphatic hydroxyl groups is 1. The molecule has 7 heteroatoms. The van der Waals surface area contributed by atoms with E-state index in [9.17, 15) is 10.2 Å². The molecule has 0 spiro atoms. The van der Waals surface area contributed by atoms with Crippen LogP contribution in [0.3, 0.4) is 0 Å². The average Bonchev–Trinajstić information content (AvgIpc) is 3.03. The number of hydrogen-bond acceptors (Lipinski definition) is 6. The first-order valence-electron chi connectivity index (χ1n) is 7.30. The van der Waals surface area contributed by atoms with E-state index in [0.717, 1.165) is 0 Å². The molecule has 2 N–H and O–H groups in total. The lowest BCUT2D eigenvalue weighted by Crippen LogP contribution is -2.22. The van der Waals surface area contributed by atoms with Crippen LogP contribution >= 0.6 is 15.9 Å². The van der Waals surface area contributed by atoms with E-state index < -0.39 is 12.2 Å². The standard InChI is InChI=1S/C17H17BrO6/c1-9(24-17-12(19)6-11(18)7-15(17)21-2)16(20)10-3-4-13-14(5-10)23-8-22-13/h3-7,9,16,19-20H,8H2,1-2H3/t9-,16+/m1/s1. The lowest BCUT2D eigenvalue weighted by atomic mass is 10.0. The van der Waals surface area contributed by atoms with Gasteiger partial charge in [0, 0.05) is 4.47 Å². The van der Waals surface area contributed by atoms with Gasteiger partial charge in [0.2, 0.25) is 12.5 Å². The quantitative estimate of drug-likeness (QED) is 0.806. The third-order valence-corrected chi connectivity index (χ3v) is 4.16. The lowest BCUT2D eigenvalue weighted by molar-refractivity contribution is 0.0434. The zero-order valence-corrected chi connectivity index (χ0v) is 14.7. The molecule has 3 rings (SSSR count). The van der Waals surface area contributed by atoms with Crippen molar-refractivity contribution in [2.45, 2.75) is 19.1 Å². The predicted molar refractivity (Wildman–Crippen MR) is 90.0 cm³/mol. The number of methoxy groups -OCH3 is 1. The van der Waals surface area contributed by atoms with Gasteiger partial charge in [-0.2, -0.15) is 0 Å². The number of aliphatic hydroxyl groups excluding tert-OH is 1. The molecular weight excluding hydrogens is 380 g/mol. The first-order valence-corrected chi connectivity index (χ1v) is 8.09. The Bertz CT molecular complexity index is 748. The summed E-state index contributed by atoms with van der Waals surface area (Å²) in [6.45, 7) is 1.88. The van der Waals surface area contributed by atoms with Gasteiger partial charge in [0.15, 0.2) is 23.0 Å². The third kappa shape index (κ3) is 3.22. The minimum absolute atomic E-state index is 0.0778. The molecule has 2 aromatic carbocycles. The summed E-state index contributed by atoms with van der Waals surface area (Å²) in [5.41, 5.74) is 0.627. The van der Waals surface area contributed by atoms with Crippen molar-refractivity contribution in [3.63, 3.8) is 0 Å². The second kappa shape index (κ2) is 6.78. The summed E-state index contributed by atoms with van der Waals surface area (Å²) < 4.78 is 22.2. The van der Waals surface area contributed by atoms with Crippen LogP contribution < -0.4 is 18.9 Å². The molecule has 1 aliphatic rings. The van der Waals surface area contributed by atoms with E-state index in [1.54, 1.807) is 31.2 Å². The van der Waals surface area contributed by atoms with Gasteiger partial charge in [-0.05, 0) is 36.8 Å². The molecule has 0 bridgehead atoms. The highest BCUT2D eigenvalue weighted by Crippen LogP contribution is 2.41. The van der Waals surface area contributed by atoms with Crippen LogP contribution in [-0.2, 0) is 0 Å². The fraction of sp³-hybridized carbons (Fsp3) is 0.294. The highest BCUT2D eigenvalue weighted by molar-refractivity contribution is 9.10. The number of benzene rings is 2. The molecule has 0 radical (unpaired) electrons. The highest BCUT2D eigenvalue weighted by atomic mass is 79.9. The number of halogens is 1. The number of aromatic hydroxyl groups is 1. The van der Waals surface area contributed by atoms with Gasteiger partial charge in [0.25, 0.3) is 0 Å². The molecular formula is C17H17BrO6. The van der Waals surface area contributed by atoms with Crippen molar-refractivity contribution < 1.29 is 29.2 Å². The Morgan fingerprint density at radius 1 is 1.17 bits per heavy atom. The third-order valence-electron chi connectivity index (χ3n) is 3.71. The average molecular weight is 397 g/mol. The van der Waals surface area contributed by atoms with Crippen LogP contribution in [-0.4, -0.2) is 30.2 Å².